The van der Waals surface area contributed by atoms with Gasteiger partial charge in [-0.1, -0.05) is 0 Å². The highest BCUT2D eigenvalue weighted by Crippen LogP contribution is 2.27. The molecule has 2 aliphatic rings. The standard InChI is InChI=1S/C15H23N3O2/c1-20-9-8-17-6-3-5-13(17)15(19)18-7-2-4-12-10-16-11-14(12)18/h3,5-6,12,14,16H,2,4,7-11H2,1H3. The fourth-order valence-corrected chi connectivity index (χ4v) is 3.46. The molecule has 0 saturated carbocycles. The van der Waals surface area contributed by atoms with Crippen molar-refractivity contribution in [2.45, 2.75) is 25.4 Å². The first-order valence-corrected chi connectivity index (χ1v) is 7.47. The molecular weight excluding hydrogens is 254 g/mol. The summed E-state index contributed by atoms with van der Waals surface area (Å²) in [5, 5.41) is 3.42. The zero-order valence-electron chi connectivity index (χ0n) is 12.0. The Hall–Kier alpha value is -1.33. The number of ether oxygens (including phenoxy) is 1. The van der Waals surface area contributed by atoms with Gasteiger partial charge >= 0.3 is 0 Å². The van der Waals surface area contributed by atoms with Crippen LogP contribution in [0.2, 0.25) is 0 Å². The van der Waals surface area contributed by atoms with E-state index in [1.54, 1.807) is 7.11 Å². The van der Waals surface area contributed by atoms with E-state index in [1.165, 1.54) is 6.42 Å². The average Bonchev–Trinajstić information content (AvgIpc) is 3.12. The summed E-state index contributed by atoms with van der Waals surface area (Å²) >= 11 is 0. The molecule has 1 amide bonds. The van der Waals surface area contributed by atoms with Crippen LogP contribution in [0.25, 0.3) is 0 Å². The third-order valence-corrected chi connectivity index (χ3v) is 4.52. The first kappa shape index (κ1) is 13.6. The van der Waals surface area contributed by atoms with Crippen LogP contribution in [0, 0.1) is 5.92 Å². The van der Waals surface area contributed by atoms with Crippen LogP contribution in [0.5, 0.6) is 0 Å². The van der Waals surface area contributed by atoms with Crippen LogP contribution in [0.1, 0.15) is 23.3 Å². The van der Waals surface area contributed by atoms with E-state index in [4.69, 9.17) is 4.74 Å². The molecule has 110 valence electrons. The van der Waals surface area contributed by atoms with Crippen molar-refractivity contribution in [2.24, 2.45) is 5.92 Å². The summed E-state index contributed by atoms with van der Waals surface area (Å²) in [6.07, 6.45) is 4.32. The molecular formula is C15H23N3O2. The molecule has 0 aromatic carbocycles. The van der Waals surface area contributed by atoms with Gasteiger partial charge in [-0.15, -0.1) is 0 Å². The van der Waals surface area contributed by atoms with E-state index in [1.807, 2.05) is 22.9 Å². The monoisotopic (exact) mass is 277 g/mol. The minimum absolute atomic E-state index is 0.171. The van der Waals surface area contributed by atoms with Gasteiger partial charge in [0.05, 0.1) is 6.61 Å². The smallest absolute Gasteiger partial charge is 0.270 e. The Morgan fingerprint density at radius 2 is 2.40 bits per heavy atom. The average molecular weight is 277 g/mol. The number of piperidine rings is 1. The number of nitrogens with zero attached hydrogens (tertiary/aromatic N) is 2. The van der Waals surface area contributed by atoms with Crippen molar-refractivity contribution in [3.63, 3.8) is 0 Å². The Morgan fingerprint density at radius 3 is 3.25 bits per heavy atom. The lowest BCUT2D eigenvalue weighted by atomic mass is 9.92. The molecule has 1 aromatic rings. The van der Waals surface area contributed by atoms with Crippen molar-refractivity contribution in [3.05, 3.63) is 24.0 Å². The van der Waals surface area contributed by atoms with Crippen molar-refractivity contribution >= 4 is 5.91 Å². The number of carbonyl (C=O) groups is 1. The largest absolute Gasteiger partial charge is 0.383 e. The molecule has 5 heteroatoms. The summed E-state index contributed by atoms with van der Waals surface area (Å²) in [6, 6.07) is 4.24. The molecule has 1 aromatic heterocycles. The summed E-state index contributed by atoms with van der Waals surface area (Å²) in [5.74, 6) is 0.805. The van der Waals surface area contributed by atoms with Gasteiger partial charge in [-0.25, -0.2) is 0 Å². The molecule has 0 aliphatic carbocycles. The van der Waals surface area contributed by atoms with Gasteiger partial charge in [0.2, 0.25) is 0 Å². The molecule has 0 spiro atoms. The van der Waals surface area contributed by atoms with Gasteiger partial charge in [0.25, 0.3) is 5.91 Å². The number of likely N-dealkylation sites (tertiary alicyclic amines) is 1. The zero-order valence-corrected chi connectivity index (χ0v) is 12.0. The molecule has 2 fully saturated rings. The summed E-state index contributed by atoms with van der Waals surface area (Å²) < 4.78 is 7.11. The molecule has 3 rings (SSSR count). The molecule has 20 heavy (non-hydrogen) atoms. The lowest BCUT2D eigenvalue weighted by molar-refractivity contribution is 0.0561. The van der Waals surface area contributed by atoms with Gasteiger partial charge in [0.1, 0.15) is 5.69 Å². The van der Waals surface area contributed by atoms with E-state index in [0.29, 0.717) is 18.6 Å². The van der Waals surface area contributed by atoms with Gasteiger partial charge < -0.3 is 19.5 Å². The van der Waals surface area contributed by atoms with Gasteiger partial charge in [0, 0.05) is 45.5 Å². The topological polar surface area (TPSA) is 46.5 Å². The molecule has 2 unspecified atom stereocenters. The Balaban J connectivity index is 1.76. The van der Waals surface area contributed by atoms with Crippen LogP contribution in [0.15, 0.2) is 18.3 Å². The number of methoxy groups -OCH3 is 1. The van der Waals surface area contributed by atoms with Crippen molar-refractivity contribution in [1.29, 1.82) is 0 Å². The highest BCUT2D eigenvalue weighted by molar-refractivity contribution is 5.93. The third-order valence-electron chi connectivity index (χ3n) is 4.52. The number of aromatic nitrogens is 1. The number of amides is 1. The zero-order chi connectivity index (χ0) is 13.9. The summed E-state index contributed by atoms with van der Waals surface area (Å²) in [6.45, 7) is 4.23. The molecule has 2 saturated heterocycles. The second-order valence-electron chi connectivity index (χ2n) is 5.71. The molecule has 2 aliphatic heterocycles. The first-order valence-electron chi connectivity index (χ1n) is 7.47. The summed E-state index contributed by atoms with van der Waals surface area (Å²) in [4.78, 5) is 14.9. The Labute approximate surface area is 119 Å². The molecule has 3 heterocycles. The number of hydrogen-bond donors (Lipinski definition) is 1. The quantitative estimate of drug-likeness (QED) is 0.891. The Bertz CT molecular complexity index is 471. The Morgan fingerprint density at radius 1 is 1.50 bits per heavy atom. The normalized spacial score (nSPS) is 25.8. The molecule has 0 bridgehead atoms. The number of hydrogen-bond acceptors (Lipinski definition) is 3. The maximum atomic E-state index is 12.8. The van der Waals surface area contributed by atoms with Crippen molar-refractivity contribution < 1.29 is 9.53 Å². The van der Waals surface area contributed by atoms with Crippen molar-refractivity contribution in [1.82, 2.24) is 14.8 Å². The van der Waals surface area contributed by atoms with E-state index in [9.17, 15) is 4.79 Å². The van der Waals surface area contributed by atoms with Crippen LogP contribution in [0.3, 0.4) is 0 Å². The van der Waals surface area contributed by atoms with Crippen molar-refractivity contribution in [2.75, 3.05) is 33.4 Å². The van der Waals surface area contributed by atoms with Crippen LogP contribution >= 0.6 is 0 Å². The van der Waals surface area contributed by atoms with Crippen molar-refractivity contribution in [3.8, 4) is 0 Å². The highest BCUT2D eigenvalue weighted by Gasteiger charge is 2.38. The van der Waals surface area contributed by atoms with E-state index in [-0.39, 0.29) is 5.91 Å². The van der Waals surface area contributed by atoms with Gasteiger partial charge in [-0.05, 0) is 30.9 Å². The lowest BCUT2D eigenvalue weighted by Crippen LogP contribution is -2.48. The van der Waals surface area contributed by atoms with E-state index < -0.39 is 0 Å². The predicted molar refractivity (Wildman–Crippen MR) is 76.7 cm³/mol. The highest BCUT2D eigenvalue weighted by atomic mass is 16.5. The third kappa shape index (κ3) is 2.47. The van der Waals surface area contributed by atoms with E-state index in [0.717, 1.165) is 38.3 Å². The molecule has 2 atom stereocenters. The van der Waals surface area contributed by atoms with Gasteiger partial charge in [-0.2, -0.15) is 0 Å². The van der Waals surface area contributed by atoms with Crippen LogP contribution in [-0.2, 0) is 11.3 Å². The maximum absolute atomic E-state index is 12.8. The van der Waals surface area contributed by atoms with Gasteiger partial charge in [0.15, 0.2) is 0 Å². The van der Waals surface area contributed by atoms with E-state index in [2.05, 4.69) is 10.2 Å². The molecule has 0 radical (unpaired) electrons. The van der Waals surface area contributed by atoms with Crippen LogP contribution in [-0.4, -0.2) is 54.8 Å². The predicted octanol–water partition coefficient (Wildman–Crippen LogP) is 0.958. The van der Waals surface area contributed by atoms with Gasteiger partial charge in [-0.3, -0.25) is 4.79 Å². The molecule has 5 nitrogen and oxygen atoms in total. The SMILES string of the molecule is COCCn1cccc1C(=O)N1CCCC2CNCC21. The summed E-state index contributed by atoms with van der Waals surface area (Å²) in [7, 11) is 1.68. The summed E-state index contributed by atoms with van der Waals surface area (Å²) in [5.41, 5.74) is 0.787. The number of carbonyl (C=O) groups excluding carboxylic acids is 1. The second kappa shape index (κ2) is 5.97. The molecule has 1 N–H and O–H groups in total. The number of nitrogens with one attached hydrogen (secondary N) is 1. The minimum atomic E-state index is 0.171. The number of fused-ring (bicyclic) bond motifs is 1. The fourth-order valence-electron chi connectivity index (χ4n) is 3.46. The van der Waals surface area contributed by atoms with E-state index >= 15 is 0 Å². The fraction of sp³-hybridized carbons (Fsp3) is 0.667. The lowest BCUT2D eigenvalue weighted by Gasteiger charge is -2.37. The Kier molecular flexibility index (Phi) is 4.08. The second-order valence-corrected chi connectivity index (χ2v) is 5.71. The van der Waals surface area contributed by atoms with Crippen LogP contribution in [0.4, 0.5) is 0 Å². The maximum Gasteiger partial charge on any atom is 0.270 e. The minimum Gasteiger partial charge on any atom is -0.383 e. The van der Waals surface area contributed by atoms with Crippen LogP contribution < -0.4 is 5.32 Å². The number of rotatable bonds is 4. The first-order chi connectivity index (χ1) is 9.81.